The van der Waals surface area contributed by atoms with E-state index in [1.54, 1.807) is 0 Å². The maximum absolute atomic E-state index is 11.6. The van der Waals surface area contributed by atoms with E-state index in [2.05, 4.69) is 9.97 Å². The van der Waals surface area contributed by atoms with Gasteiger partial charge in [0.2, 0.25) is 5.95 Å². The minimum Gasteiger partial charge on any atom is -0.452 e. The van der Waals surface area contributed by atoms with Gasteiger partial charge in [0.1, 0.15) is 0 Å². The maximum atomic E-state index is 11.6. The van der Waals surface area contributed by atoms with Crippen molar-refractivity contribution in [1.29, 1.82) is 0 Å². The third-order valence-corrected chi connectivity index (χ3v) is 2.47. The van der Waals surface area contributed by atoms with Gasteiger partial charge in [-0.3, -0.25) is 0 Å². The van der Waals surface area contributed by atoms with Gasteiger partial charge in [0.15, 0.2) is 0 Å². The molecule has 0 fully saturated rings. The number of ether oxygens (including phenoxy) is 1. The van der Waals surface area contributed by atoms with Gasteiger partial charge in [0.05, 0.1) is 18.1 Å². The standard InChI is InChI=1S/C12H15N3O2/c1-3-8-15(12(16)17-2)11-13-9-6-4-5-7-10(9)14-11/h4-7H,3,8H2,1-2H3,(H,13,14). The molecule has 0 aliphatic heterocycles. The molecule has 1 amide bonds. The van der Waals surface area contributed by atoms with Crippen molar-refractivity contribution in [2.24, 2.45) is 0 Å². The lowest BCUT2D eigenvalue weighted by atomic mass is 10.3. The molecule has 0 aliphatic carbocycles. The van der Waals surface area contributed by atoms with Crippen molar-refractivity contribution < 1.29 is 9.53 Å². The number of aromatic amines is 1. The SMILES string of the molecule is CCCN(C(=O)OC)c1nc2ccccc2[nH]1. The minimum absolute atomic E-state index is 0.397. The number of methoxy groups -OCH3 is 1. The van der Waals surface area contributed by atoms with Crippen molar-refractivity contribution in [1.82, 2.24) is 9.97 Å². The number of imidazole rings is 1. The van der Waals surface area contributed by atoms with Crippen LogP contribution in [0.1, 0.15) is 13.3 Å². The van der Waals surface area contributed by atoms with Crippen molar-refractivity contribution in [3.05, 3.63) is 24.3 Å². The Morgan fingerprint density at radius 1 is 1.47 bits per heavy atom. The predicted molar refractivity (Wildman–Crippen MR) is 66.1 cm³/mol. The van der Waals surface area contributed by atoms with Gasteiger partial charge >= 0.3 is 6.09 Å². The van der Waals surface area contributed by atoms with Crippen molar-refractivity contribution in [3.8, 4) is 0 Å². The molecule has 2 aromatic rings. The molecule has 0 bridgehead atoms. The summed E-state index contributed by atoms with van der Waals surface area (Å²) in [5.41, 5.74) is 1.75. The molecule has 1 N–H and O–H groups in total. The quantitative estimate of drug-likeness (QED) is 0.886. The Bertz CT molecular complexity index is 488. The molecule has 0 radical (unpaired) electrons. The maximum Gasteiger partial charge on any atom is 0.416 e. The summed E-state index contributed by atoms with van der Waals surface area (Å²) in [6.07, 6.45) is 0.442. The van der Waals surface area contributed by atoms with Gasteiger partial charge in [-0.05, 0) is 18.6 Å². The summed E-state index contributed by atoms with van der Waals surface area (Å²) < 4.78 is 4.74. The van der Waals surface area contributed by atoms with Crippen LogP contribution < -0.4 is 4.90 Å². The van der Waals surface area contributed by atoms with Crippen molar-refractivity contribution in [2.75, 3.05) is 18.6 Å². The molecule has 0 atom stereocenters. The van der Waals surface area contributed by atoms with Crippen LogP contribution in [-0.2, 0) is 4.74 Å². The second-order valence-electron chi connectivity index (χ2n) is 3.70. The zero-order valence-electron chi connectivity index (χ0n) is 9.93. The van der Waals surface area contributed by atoms with Crippen molar-refractivity contribution in [3.63, 3.8) is 0 Å². The summed E-state index contributed by atoms with van der Waals surface area (Å²) in [6, 6.07) is 7.66. The molecule has 5 nitrogen and oxygen atoms in total. The molecule has 17 heavy (non-hydrogen) atoms. The number of carbonyl (C=O) groups excluding carboxylic acids is 1. The average molecular weight is 233 g/mol. The van der Waals surface area contributed by atoms with E-state index in [1.807, 2.05) is 31.2 Å². The normalized spacial score (nSPS) is 10.5. The first-order valence-corrected chi connectivity index (χ1v) is 5.56. The van der Waals surface area contributed by atoms with Crippen LogP contribution in [-0.4, -0.2) is 29.7 Å². The van der Waals surface area contributed by atoms with E-state index in [0.717, 1.165) is 17.5 Å². The van der Waals surface area contributed by atoms with Crippen LogP contribution >= 0.6 is 0 Å². The molecular formula is C12H15N3O2. The smallest absolute Gasteiger partial charge is 0.416 e. The monoisotopic (exact) mass is 233 g/mol. The third kappa shape index (κ3) is 2.22. The topological polar surface area (TPSA) is 58.2 Å². The number of hydrogen-bond donors (Lipinski definition) is 1. The molecule has 0 spiro atoms. The van der Waals surface area contributed by atoms with Crippen molar-refractivity contribution >= 4 is 23.1 Å². The average Bonchev–Trinajstić information content (AvgIpc) is 2.78. The second-order valence-corrected chi connectivity index (χ2v) is 3.70. The number of benzene rings is 1. The van der Waals surface area contributed by atoms with Gasteiger partial charge in [-0.25, -0.2) is 14.7 Å². The third-order valence-electron chi connectivity index (χ3n) is 2.47. The van der Waals surface area contributed by atoms with E-state index in [9.17, 15) is 4.79 Å². The summed E-state index contributed by atoms with van der Waals surface area (Å²) in [7, 11) is 1.37. The molecule has 2 rings (SSSR count). The molecule has 90 valence electrons. The predicted octanol–water partition coefficient (Wildman–Crippen LogP) is 2.55. The van der Waals surface area contributed by atoms with Crippen LogP contribution in [0.2, 0.25) is 0 Å². The highest BCUT2D eigenvalue weighted by Gasteiger charge is 2.18. The number of nitrogens with zero attached hydrogens (tertiary/aromatic N) is 2. The van der Waals surface area contributed by atoms with E-state index in [-0.39, 0.29) is 0 Å². The molecule has 5 heteroatoms. The number of carbonyl (C=O) groups is 1. The van der Waals surface area contributed by atoms with Gasteiger partial charge in [0.25, 0.3) is 0 Å². The van der Waals surface area contributed by atoms with Crippen LogP contribution in [0.4, 0.5) is 10.7 Å². The first kappa shape index (κ1) is 11.4. The van der Waals surface area contributed by atoms with Crippen molar-refractivity contribution in [2.45, 2.75) is 13.3 Å². The highest BCUT2D eigenvalue weighted by Crippen LogP contribution is 2.17. The van der Waals surface area contributed by atoms with E-state index in [4.69, 9.17) is 4.74 Å². The summed E-state index contributed by atoms with van der Waals surface area (Å²) in [5, 5.41) is 0. The number of hydrogen-bond acceptors (Lipinski definition) is 3. The number of anilines is 1. The van der Waals surface area contributed by atoms with E-state index >= 15 is 0 Å². The summed E-state index contributed by atoms with van der Waals surface area (Å²) >= 11 is 0. The fourth-order valence-electron chi connectivity index (χ4n) is 1.68. The Balaban J connectivity index is 2.38. The Labute approximate surface area is 99.4 Å². The number of para-hydroxylation sites is 2. The molecule has 0 saturated carbocycles. The highest BCUT2D eigenvalue weighted by atomic mass is 16.5. The first-order chi connectivity index (χ1) is 8.26. The van der Waals surface area contributed by atoms with Crippen LogP contribution in [0.5, 0.6) is 0 Å². The van der Waals surface area contributed by atoms with Crippen LogP contribution in [0.15, 0.2) is 24.3 Å². The van der Waals surface area contributed by atoms with Gasteiger partial charge in [-0.1, -0.05) is 19.1 Å². The van der Waals surface area contributed by atoms with E-state index in [0.29, 0.717) is 12.5 Å². The molecular weight excluding hydrogens is 218 g/mol. The molecule has 1 aromatic heterocycles. The van der Waals surface area contributed by atoms with Crippen LogP contribution in [0.3, 0.4) is 0 Å². The summed E-state index contributed by atoms with van der Waals surface area (Å²) in [4.78, 5) is 20.6. The molecule has 1 aromatic carbocycles. The number of H-pyrrole nitrogens is 1. The lowest BCUT2D eigenvalue weighted by Gasteiger charge is -2.16. The van der Waals surface area contributed by atoms with Gasteiger partial charge < -0.3 is 9.72 Å². The molecule has 0 aliphatic rings. The lowest BCUT2D eigenvalue weighted by Crippen LogP contribution is -2.32. The Morgan fingerprint density at radius 3 is 2.88 bits per heavy atom. The van der Waals surface area contributed by atoms with Crippen LogP contribution in [0, 0.1) is 0 Å². The fraction of sp³-hybridized carbons (Fsp3) is 0.333. The second kappa shape index (κ2) is 4.86. The van der Waals surface area contributed by atoms with Gasteiger partial charge in [-0.2, -0.15) is 0 Å². The number of amides is 1. The zero-order chi connectivity index (χ0) is 12.3. The Morgan fingerprint density at radius 2 is 2.24 bits per heavy atom. The Hall–Kier alpha value is -2.04. The fourth-order valence-corrected chi connectivity index (χ4v) is 1.68. The first-order valence-electron chi connectivity index (χ1n) is 5.56. The van der Waals surface area contributed by atoms with E-state index in [1.165, 1.54) is 12.0 Å². The molecule has 0 unspecified atom stereocenters. The summed E-state index contributed by atoms with van der Waals surface area (Å²) in [5.74, 6) is 0.528. The highest BCUT2D eigenvalue weighted by molar-refractivity contribution is 5.88. The molecule has 1 heterocycles. The number of nitrogens with one attached hydrogen (secondary N) is 1. The number of rotatable bonds is 3. The molecule has 0 saturated heterocycles. The van der Waals surface area contributed by atoms with Crippen LogP contribution in [0.25, 0.3) is 11.0 Å². The number of fused-ring (bicyclic) bond motifs is 1. The van der Waals surface area contributed by atoms with Gasteiger partial charge in [-0.15, -0.1) is 0 Å². The largest absolute Gasteiger partial charge is 0.452 e. The number of aromatic nitrogens is 2. The summed E-state index contributed by atoms with van der Waals surface area (Å²) in [6.45, 7) is 2.57. The Kier molecular flexibility index (Phi) is 3.27. The minimum atomic E-state index is -0.397. The van der Waals surface area contributed by atoms with E-state index < -0.39 is 6.09 Å². The van der Waals surface area contributed by atoms with Gasteiger partial charge in [0, 0.05) is 6.54 Å². The lowest BCUT2D eigenvalue weighted by molar-refractivity contribution is 0.178. The zero-order valence-corrected chi connectivity index (χ0v) is 9.93.